The highest BCUT2D eigenvalue weighted by atomic mass is 35.5. The van der Waals surface area contributed by atoms with Crippen LogP contribution in [0.25, 0.3) is 6.08 Å². The summed E-state index contributed by atoms with van der Waals surface area (Å²) in [6.07, 6.45) is 5.31. The van der Waals surface area contributed by atoms with Crippen molar-refractivity contribution in [2.24, 2.45) is 0 Å². The lowest BCUT2D eigenvalue weighted by Crippen LogP contribution is -2.28. The third kappa shape index (κ3) is 3.60. The maximum Gasteiger partial charge on any atom is 0.247 e. The van der Waals surface area contributed by atoms with Crippen molar-refractivity contribution < 1.29 is 19.0 Å². The maximum absolute atomic E-state index is 12.8. The Morgan fingerprint density at radius 1 is 1.26 bits per heavy atom. The van der Waals surface area contributed by atoms with E-state index < -0.39 is 0 Å². The molecule has 2 aromatic carbocycles. The van der Waals surface area contributed by atoms with Gasteiger partial charge >= 0.3 is 0 Å². The summed E-state index contributed by atoms with van der Waals surface area (Å²) >= 11 is 6.20. The van der Waals surface area contributed by atoms with Gasteiger partial charge in [-0.05, 0) is 54.3 Å². The zero-order chi connectivity index (χ0) is 18.8. The van der Waals surface area contributed by atoms with E-state index in [9.17, 15) is 4.79 Å². The molecule has 2 aliphatic rings. The first-order valence-electron chi connectivity index (χ1n) is 8.87. The Morgan fingerprint density at radius 2 is 2.07 bits per heavy atom. The minimum Gasteiger partial charge on any atom is -0.497 e. The van der Waals surface area contributed by atoms with E-state index in [0.717, 1.165) is 36.3 Å². The molecule has 0 bridgehead atoms. The van der Waals surface area contributed by atoms with Gasteiger partial charge in [-0.2, -0.15) is 0 Å². The van der Waals surface area contributed by atoms with Crippen LogP contribution in [0.1, 0.15) is 30.0 Å². The molecule has 2 heterocycles. The van der Waals surface area contributed by atoms with Crippen LogP contribution in [-0.2, 0) is 4.79 Å². The second kappa shape index (κ2) is 7.53. The Bertz CT molecular complexity index is 878. The number of halogens is 1. The van der Waals surface area contributed by atoms with Gasteiger partial charge in [0.15, 0.2) is 11.5 Å². The summed E-state index contributed by atoms with van der Waals surface area (Å²) in [7, 11) is 1.65. The Labute approximate surface area is 163 Å². The molecule has 1 amide bonds. The fraction of sp³-hybridized carbons (Fsp3) is 0.286. The molecule has 2 aliphatic heterocycles. The number of likely N-dealkylation sites (tertiary alicyclic amines) is 1. The van der Waals surface area contributed by atoms with Crippen LogP contribution in [0.4, 0.5) is 0 Å². The topological polar surface area (TPSA) is 48.0 Å². The molecule has 0 radical (unpaired) electrons. The van der Waals surface area contributed by atoms with Crippen LogP contribution >= 0.6 is 11.6 Å². The van der Waals surface area contributed by atoms with E-state index in [1.807, 2.05) is 35.2 Å². The van der Waals surface area contributed by atoms with Crippen LogP contribution in [0.2, 0.25) is 5.02 Å². The van der Waals surface area contributed by atoms with Gasteiger partial charge in [-0.1, -0.05) is 23.7 Å². The smallest absolute Gasteiger partial charge is 0.247 e. The standard InChI is InChI=1S/C21H20ClNO4/c1-25-16-7-5-15(6-8-16)18-3-2-10-23(18)20(24)9-4-14-11-17(22)21-19(12-14)26-13-27-21/h4-9,11-12,18H,2-3,10,13H2,1H3/b9-4+/t18-/m0/s1. The largest absolute Gasteiger partial charge is 0.497 e. The van der Waals surface area contributed by atoms with Crippen molar-refractivity contribution in [1.29, 1.82) is 0 Å². The highest BCUT2D eigenvalue weighted by molar-refractivity contribution is 6.32. The third-order valence-electron chi connectivity index (χ3n) is 4.90. The third-order valence-corrected chi connectivity index (χ3v) is 5.19. The van der Waals surface area contributed by atoms with Crippen LogP contribution in [-0.4, -0.2) is 31.3 Å². The quantitative estimate of drug-likeness (QED) is 0.729. The summed E-state index contributed by atoms with van der Waals surface area (Å²) in [5.41, 5.74) is 1.93. The van der Waals surface area contributed by atoms with E-state index in [-0.39, 0.29) is 18.7 Å². The van der Waals surface area contributed by atoms with E-state index in [0.29, 0.717) is 16.5 Å². The van der Waals surface area contributed by atoms with Crippen LogP contribution in [0.5, 0.6) is 17.2 Å². The Hall–Kier alpha value is -2.66. The minimum absolute atomic E-state index is 0.0119. The van der Waals surface area contributed by atoms with Crippen molar-refractivity contribution in [3.8, 4) is 17.2 Å². The Balaban J connectivity index is 1.50. The molecule has 2 aromatic rings. The zero-order valence-electron chi connectivity index (χ0n) is 15.0. The monoisotopic (exact) mass is 385 g/mol. The first-order chi connectivity index (χ1) is 13.2. The number of hydrogen-bond donors (Lipinski definition) is 0. The number of rotatable bonds is 4. The molecule has 0 aromatic heterocycles. The fourth-order valence-corrected chi connectivity index (χ4v) is 3.82. The van der Waals surface area contributed by atoms with Crippen LogP contribution < -0.4 is 14.2 Å². The molecule has 0 aliphatic carbocycles. The van der Waals surface area contributed by atoms with Gasteiger partial charge in [0.1, 0.15) is 5.75 Å². The minimum atomic E-state index is -0.0119. The predicted molar refractivity (Wildman–Crippen MR) is 103 cm³/mol. The van der Waals surface area contributed by atoms with E-state index in [2.05, 4.69) is 0 Å². The van der Waals surface area contributed by atoms with Gasteiger partial charge in [-0.15, -0.1) is 0 Å². The molecule has 1 atom stereocenters. The van der Waals surface area contributed by atoms with Gasteiger partial charge in [0.2, 0.25) is 12.7 Å². The van der Waals surface area contributed by atoms with Crippen molar-refractivity contribution in [3.05, 3.63) is 58.6 Å². The van der Waals surface area contributed by atoms with E-state index in [1.165, 1.54) is 0 Å². The molecular formula is C21H20ClNO4. The van der Waals surface area contributed by atoms with E-state index in [1.54, 1.807) is 25.3 Å². The Morgan fingerprint density at radius 3 is 2.85 bits per heavy atom. The molecule has 1 fully saturated rings. The number of hydrogen-bond acceptors (Lipinski definition) is 4. The fourth-order valence-electron chi connectivity index (χ4n) is 3.55. The lowest BCUT2D eigenvalue weighted by molar-refractivity contribution is -0.126. The number of nitrogens with zero attached hydrogens (tertiary/aromatic N) is 1. The highest BCUT2D eigenvalue weighted by Gasteiger charge is 2.28. The number of carbonyl (C=O) groups is 1. The molecule has 0 saturated carbocycles. The number of amides is 1. The summed E-state index contributed by atoms with van der Waals surface area (Å²) in [4.78, 5) is 14.7. The average Bonchev–Trinajstić information content (AvgIpc) is 3.36. The van der Waals surface area contributed by atoms with Crippen molar-refractivity contribution >= 4 is 23.6 Å². The van der Waals surface area contributed by atoms with Gasteiger partial charge in [0.05, 0.1) is 18.2 Å². The molecule has 1 saturated heterocycles. The zero-order valence-corrected chi connectivity index (χ0v) is 15.7. The molecule has 0 N–H and O–H groups in total. The lowest BCUT2D eigenvalue weighted by Gasteiger charge is -2.24. The van der Waals surface area contributed by atoms with Crippen LogP contribution in [0.15, 0.2) is 42.5 Å². The first-order valence-corrected chi connectivity index (χ1v) is 9.25. The molecule has 0 unspecified atom stereocenters. The summed E-state index contributed by atoms with van der Waals surface area (Å²) in [6, 6.07) is 11.6. The van der Waals surface area contributed by atoms with Gasteiger partial charge in [-0.25, -0.2) is 0 Å². The van der Waals surface area contributed by atoms with Crippen LogP contribution in [0.3, 0.4) is 0 Å². The van der Waals surface area contributed by atoms with Gasteiger partial charge < -0.3 is 19.1 Å². The van der Waals surface area contributed by atoms with Crippen molar-refractivity contribution in [1.82, 2.24) is 4.90 Å². The van der Waals surface area contributed by atoms with Gasteiger partial charge in [0.25, 0.3) is 0 Å². The summed E-state index contributed by atoms with van der Waals surface area (Å²) in [5.74, 6) is 1.96. The van der Waals surface area contributed by atoms with E-state index in [4.69, 9.17) is 25.8 Å². The lowest BCUT2D eigenvalue weighted by atomic mass is 10.0. The Kier molecular flexibility index (Phi) is 4.94. The van der Waals surface area contributed by atoms with Crippen LogP contribution in [0, 0.1) is 0 Å². The van der Waals surface area contributed by atoms with Crippen molar-refractivity contribution in [3.63, 3.8) is 0 Å². The molecular weight excluding hydrogens is 366 g/mol. The number of carbonyl (C=O) groups excluding carboxylic acids is 1. The predicted octanol–water partition coefficient (Wildman–Crippen LogP) is 4.45. The molecule has 27 heavy (non-hydrogen) atoms. The molecule has 140 valence electrons. The van der Waals surface area contributed by atoms with Crippen molar-refractivity contribution in [2.45, 2.75) is 18.9 Å². The summed E-state index contributed by atoms with van der Waals surface area (Å²) in [6.45, 7) is 0.917. The number of ether oxygens (including phenoxy) is 3. The average molecular weight is 386 g/mol. The SMILES string of the molecule is COc1ccc([C@@H]2CCCN2C(=O)/C=C/c2cc(Cl)c3c(c2)OCO3)cc1. The maximum atomic E-state index is 12.8. The summed E-state index contributed by atoms with van der Waals surface area (Å²) in [5, 5.41) is 0.481. The van der Waals surface area contributed by atoms with Crippen molar-refractivity contribution in [2.75, 3.05) is 20.4 Å². The molecule has 4 rings (SSSR count). The van der Waals surface area contributed by atoms with Gasteiger partial charge in [0, 0.05) is 12.6 Å². The van der Waals surface area contributed by atoms with Gasteiger partial charge in [-0.3, -0.25) is 4.79 Å². The molecule has 0 spiro atoms. The second-order valence-electron chi connectivity index (χ2n) is 6.53. The molecule has 5 nitrogen and oxygen atoms in total. The summed E-state index contributed by atoms with van der Waals surface area (Å²) < 4.78 is 15.9. The number of benzene rings is 2. The van der Waals surface area contributed by atoms with E-state index >= 15 is 0 Å². The molecule has 6 heteroatoms. The number of fused-ring (bicyclic) bond motifs is 1. The number of methoxy groups -OCH3 is 1. The normalized spacial score (nSPS) is 18.3. The highest BCUT2D eigenvalue weighted by Crippen LogP contribution is 2.40. The second-order valence-corrected chi connectivity index (χ2v) is 6.94. The first kappa shape index (κ1) is 17.7.